The minimum Gasteiger partial charge on any atom is -0.479 e. The Labute approximate surface area is 105 Å². The summed E-state index contributed by atoms with van der Waals surface area (Å²) in [5.41, 5.74) is -1.41. The largest absolute Gasteiger partial charge is 0.479 e. The van der Waals surface area contributed by atoms with Crippen molar-refractivity contribution in [3.8, 4) is 11.8 Å². The Morgan fingerprint density at radius 3 is 2.53 bits per heavy atom. The number of ether oxygens (including phenoxy) is 1. The van der Waals surface area contributed by atoms with Gasteiger partial charge in [0.1, 0.15) is 6.07 Å². The predicted molar refractivity (Wildman–Crippen MR) is 55.8 cm³/mol. The summed E-state index contributed by atoms with van der Waals surface area (Å²) in [7, 11) is 0. The Bertz CT molecular complexity index is 553. The van der Waals surface area contributed by atoms with E-state index in [9.17, 15) is 23.5 Å². The van der Waals surface area contributed by atoms with Gasteiger partial charge in [-0.25, -0.2) is 4.79 Å². The summed E-state index contributed by atoms with van der Waals surface area (Å²) in [6.45, 7) is -3.30. The molecule has 0 saturated heterocycles. The molecule has 6 nitrogen and oxygen atoms in total. The molecule has 1 rings (SSSR count). The minimum atomic E-state index is -3.30. The molecule has 0 aliphatic rings. The van der Waals surface area contributed by atoms with Gasteiger partial charge in [0.15, 0.2) is 18.1 Å². The number of aliphatic carboxylic acids is 1. The number of aliphatic hydroxyl groups is 1. The van der Waals surface area contributed by atoms with E-state index in [1.807, 2.05) is 0 Å². The van der Waals surface area contributed by atoms with Crippen molar-refractivity contribution in [2.75, 3.05) is 0 Å². The monoisotopic (exact) mass is 271 g/mol. The Kier molecular flexibility index (Phi) is 4.50. The first-order valence-electron chi connectivity index (χ1n) is 4.80. The van der Waals surface area contributed by atoms with Gasteiger partial charge >= 0.3 is 12.6 Å². The van der Waals surface area contributed by atoms with E-state index < -0.39 is 35.6 Å². The van der Waals surface area contributed by atoms with Crippen LogP contribution in [-0.4, -0.2) is 29.1 Å². The molecule has 0 fully saturated rings. The fourth-order valence-electron chi connectivity index (χ4n) is 1.41. The summed E-state index contributed by atoms with van der Waals surface area (Å²) in [5, 5.41) is 26.7. The zero-order chi connectivity index (χ0) is 14.6. The molecule has 2 N–H and O–H groups in total. The normalized spacial score (nSPS) is 11.7. The highest BCUT2D eigenvalue weighted by Crippen LogP contribution is 2.30. The van der Waals surface area contributed by atoms with E-state index >= 15 is 0 Å². The molecule has 19 heavy (non-hydrogen) atoms. The average molecular weight is 271 g/mol. The number of benzene rings is 1. The first kappa shape index (κ1) is 14.5. The molecule has 100 valence electrons. The molecule has 0 spiro atoms. The number of carbonyl (C=O) groups is 2. The minimum absolute atomic E-state index is 0.0417. The van der Waals surface area contributed by atoms with Crippen LogP contribution < -0.4 is 4.74 Å². The van der Waals surface area contributed by atoms with E-state index in [2.05, 4.69) is 4.74 Å². The highest BCUT2D eigenvalue weighted by molar-refractivity contribution is 5.87. The number of alkyl halides is 2. The molecular weight excluding hydrogens is 264 g/mol. The smallest absolute Gasteiger partial charge is 0.387 e. The van der Waals surface area contributed by atoms with Crippen molar-refractivity contribution in [3.63, 3.8) is 0 Å². The van der Waals surface area contributed by atoms with Crippen molar-refractivity contribution in [2.45, 2.75) is 12.7 Å². The SMILES string of the molecule is N#Cc1ccc(C(O)C(=O)O)c(C=O)c1OC(F)F. The predicted octanol–water partition coefficient (Wildman–Crippen LogP) is 1.09. The molecule has 1 atom stereocenters. The van der Waals surface area contributed by atoms with Crippen molar-refractivity contribution in [1.82, 2.24) is 0 Å². The number of carboxylic acid groups (broad SMARTS) is 1. The zero-order valence-corrected chi connectivity index (χ0v) is 9.21. The van der Waals surface area contributed by atoms with Crippen molar-refractivity contribution >= 4 is 12.3 Å². The molecule has 8 heteroatoms. The summed E-state index contributed by atoms with van der Waals surface area (Å²) < 4.78 is 28.5. The molecule has 0 bridgehead atoms. The van der Waals surface area contributed by atoms with Crippen LogP contribution in [0.5, 0.6) is 5.75 Å². The third-order valence-corrected chi connectivity index (χ3v) is 2.20. The second-order valence-corrected chi connectivity index (χ2v) is 3.29. The van der Waals surface area contributed by atoms with Gasteiger partial charge in [-0.2, -0.15) is 14.0 Å². The number of hydrogen-bond acceptors (Lipinski definition) is 5. The second kappa shape index (κ2) is 5.88. The van der Waals surface area contributed by atoms with E-state index in [0.717, 1.165) is 12.1 Å². The molecule has 0 heterocycles. The number of nitrogens with zero attached hydrogens (tertiary/aromatic N) is 1. The van der Waals surface area contributed by atoms with Crippen molar-refractivity contribution in [2.24, 2.45) is 0 Å². The summed E-state index contributed by atoms with van der Waals surface area (Å²) >= 11 is 0. The maximum absolute atomic E-state index is 12.2. The fraction of sp³-hybridized carbons (Fsp3) is 0.182. The molecule has 0 radical (unpaired) electrons. The van der Waals surface area contributed by atoms with Crippen molar-refractivity contribution < 1.29 is 33.3 Å². The van der Waals surface area contributed by atoms with Crippen LogP contribution in [0.3, 0.4) is 0 Å². The van der Waals surface area contributed by atoms with Crippen molar-refractivity contribution in [1.29, 1.82) is 5.26 Å². The molecule has 0 saturated carbocycles. The summed E-state index contributed by atoms with van der Waals surface area (Å²) in [4.78, 5) is 21.5. The Hall–Kier alpha value is -2.53. The number of rotatable bonds is 5. The lowest BCUT2D eigenvalue weighted by molar-refractivity contribution is -0.146. The maximum atomic E-state index is 12.2. The van der Waals surface area contributed by atoms with Gasteiger partial charge in [-0.15, -0.1) is 0 Å². The molecular formula is C11H7F2NO5. The number of aldehydes is 1. The van der Waals surface area contributed by atoms with Gasteiger partial charge in [0.25, 0.3) is 0 Å². The first-order valence-corrected chi connectivity index (χ1v) is 4.80. The summed E-state index contributed by atoms with van der Waals surface area (Å²) in [6.07, 6.45) is -2.05. The molecule has 0 aliphatic carbocycles. The van der Waals surface area contributed by atoms with Crippen molar-refractivity contribution in [3.05, 3.63) is 28.8 Å². The van der Waals surface area contributed by atoms with E-state index in [-0.39, 0.29) is 11.8 Å². The number of carboxylic acids is 1. The fourth-order valence-corrected chi connectivity index (χ4v) is 1.41. The van der Waals surface area contributed by atoms with Crippen LogP contribution in [0.1, 0.15) is 27.6 Å². The lowest BCUT2D eigenvalue weighted by atomic mass is 9.99. The highest BCUT2D eigenvalue weighted by atomic mass is 19.3. The van der Waals surface area contributed by atoms with Crippen LogP contribution >= 0.6 is 0 Å². The van der Waals surface area contributed by atoms with Gasteiger partial charge < -0.3 is 14.9 Å². The topological polar surface area (TPSA) is 108 Å². The van der Waals surface area contributed by atoms with Gasteiger partial charge in [0, 0.05) is 5.56 Å². The lowest BCUT2D eigenvalue weighted by Gasteiger charge is -2.14. The zero-order valence-electron chi connectivity index (χ0n) is 9.21. The molecule has 0 aromatic heterocycles. The summed E-state index contributed by atoms with van der Waals surface area (Å²) in [5.74, 6) is -2.43. The van der Waals surface area contributed by atoms with E-state index in [1.54, 1.807) is 0 Å². The van der Waals surface area contributed by atoms with Gasteiger partial charge in [0.05, 0.1) is 11.1 Å². The molecule has 1 unspecified atom stereocenters. The second-order valence-electron chi connectivity index (χ2n) is 3.29. The Morgan fingerprint density at radius 2 is 2.11 bits per heavy atom. The van der Waals surface area contributed by atoms with Gasteiger partial charge in [-0.05, 0) is 6.07 Å². The molecule has 0 amide bonds. The quantitative estimate of drug-likeness (QED) is 0.776. The number of aliphatic hydroxyl groups excluding tert-OH is 1. The van der Waals surface area contributed by atoms with Crippen LogP contribution in [0, 0.1) is 11.3 Å². The van der Waals surface area contributed by atoms with Crippen LogP contribution in [0.25, 0.3) is 0 Å². The van der Waals surface area contributed by atoms with E-state index in [0.29, 0.717) is 0 Å². The number of hydrogen-bond donors (Lipinski definition) is 2. The lowest BCUT2D eigenvalue weighted by Crippen LogP contribution is -2.15. The Morgan fingerprint density at radius 1 is 1.47 bits per heavy atom. The van der Waals surface area contributed by atoms with Crippen LogP contribution in [-0.2, 0) is 4.79 Å². The third-order valence-electron chi connectivity index (χ3n) is 2.20. The number of halogens is 2. The molecule has 1 aromatic carbocycles. The highest BCUT2D eigenvalue weighted by Gasteiger charge is 2.25. The first-order chi connectivity index (χ1) is 8.92. The maximum Gasteiger partial charge on any atom is 0.387 e. The van der Waals surface area contributed by atoms with Gasteiger partial charge in [-0.1, -0.05) is 6.07 Å². The van der Waals surface area contributed by atoms with Gasteiger partial charge in [-0.3, -0.25) is 4.79 Å². The van der Waals surface area contributed by atoms with E-state index in [1.165, 1.54) is 6.07 Å². The van der Waals surface area contributed by atoms with Gasteiger partial charge in [0.2, 0.25) is 0 Å². The Balaban J connectivity index is 3.49. The standard InChI is InChI=1S/C11H7F2NO5/c12-11(13)19-9-5(3-14)1-2-6(7(9)4-15)8(16)10(17)18/h1-2,4,8,11,16H,(H,17,18). The summed E-state index contributed by atoms with van der Waals surface area (Å²) in [6, 6.07) is 3.49. The van der Waals surface area contributed by atoms with Crippen LogP contribution in [0.4, 0.5) is 8.78 Å². The molecule has 0 aliphatic heterocycles. The average Bonchev–Trinajstić information content (AvgIpc) is 2.36. The third kappa shape index (κ3) is 3.02. The van der Waals surface area contributed by atoms with Crippen LogP contribution in [0.15, 0.2) is 12.1 Å². The number of nitriles is 1. The molecule has 1 aromatic rings. The number of carbonyl (C=O) groups excluding carboxylic acids is 1. The van der Waals surface area contributed by atoms with E-state index in [4.69, 9.17) is 10.4 Å². The van der Waals surface area contributed by atoms with Crippen LogP contribution in [0.2, 0.25) is 0 Å².